The van der Waals surface area contributed by atoms with Crippen LogP contribution in [-0.4, -0.2) is 30.8 Å². The number of anilines is 1. The molecule has 1 amide bonds. The largest absolute Gasteiger partial charge is 0.493 e. The Kier molecular flexibility index (Phi) is 3.54. The van der Waals surface area contributed by atoms with Crippen molar-refractivity contribution in [3.8, 4) is 16.9 Å². The number of carbonyl (C=O) groups excluding carboxylic acids is 1. The Morgan fingerprint density at radius 2 is 2.00 bits per heavy atom. The molecule has 1 saturated heterocycles. The van der Waals surface area contributed by atoms with Crippen molar-refractivity contribution in [3.63, 3.8) is 0 Å². The van der Waals surface area contributed by atoms with Crippen molar-refractivity contribution < 1.29 is 14.6 Å². The van der Waals surface area contributed by atoms with Crippen molar-refractivity contribution >= 4 is 11.6 Å². The van der Waals surface area contributed by atoms with Gasteiger partial charge in [0.1, 0.15) is 5.75 Å². The van der Waals surface area contributed by atoms with Gasteiger partial charge in [0.05, 0.1) is 6.61 Å². The summed E-state index contributed by atoms with van der Waals surface area (Å²) in [5.74, 6) is 1.12. The predicted molar refractivity (Wildman–Crippen MR) is 88.6 cm³/mol. The molecule has 0 radical (unpaired) electrons. The fourth-order valence-electron chi connectivity index (χ4n) is 3.47. The minimum absolute atomic E-state index is 0.0525. The molecule has 2 aromatic rings. The van der Waals surface area contributed by atoms with Crippen LogP contribution in [0.5, 0.6) is 5.75 Å². The third-order valence-corrected chi connectivity index (χ3v) is 4.70. The lowest BCUT2D eigenvalue weighted by Crippen LogP contribution is -2.24. The molecule has 4 nitrogen and oxygen atoms in total. The van der Waals surface area contributed by atoms with Gasteiger partial charge in [0.2, 0.25) is 5.91 Å². The molecule has 0 saturated carbocycles. The predicted octanol–water partition coefficient (Wildman–Crippen LogP) is 2.63. The Balaban J connectivity index is 1.62. The van der Waals surface area contributed by atoms with E-state index in [1.54, 1.807) is 4.90 Å². The zero-order chi connectivity index (χ0) is 15.8. The maximum atomic E-state index is 12.1. The minimum Gasteiger partial charge on any atom is -0.493 e. The van der Waals surface area contributed by atoms with Crippen LogP contribution in [0.4, 0.5) is 5.69 Å². The zero-order valence-electron chi connectivity index (χ0n) is 12.9. The van der Waals surface area contributed by atoms with Crippen molar-refractivity contribution in [2.45, 2.75) is 12.8 Å². The maximum absolute atomic E-state index is 12.1. The molecule has 23 heavy (non-hydrogen) atoms. The molecule has 118 valence electrons. The van der Waals surface area contributed by atoms with Gasteiger partial charge >= 0.3 is 0 Å². The third-order valence-electron chi connectivity index (χ3n) is 4.70. The van der Waals surface area contributed by atoms with Crippen molar-refractivity contribution in [3.05, 3.63) is 48.0 Å². The number of hydrogen-bond acceptors (Lipinski definition) is 3. The van der Waals surface area contributed by atoms with Crippen LogP contribution >= 0.6 is 0 Å². The van der Waals surface area contributed by atoms with E-state index in [9.17, 15) is 9.90 Å². The third kappa shape index (κ3) is 2.49. The van der Waals surface area contributed by atoms with E-state index in [2.05, 4.69) is 18.2 Å². The van der Waals surface area contributed by atoms with Gasteiger partial charge in [0.15, 0.2) is 0 Å². The van der Waals surface area contributed by atoms with E-state index in [1.165, 1.54) is 11.1 Å². The molecule has 2 aliphatic rings. The summed E-state index contributed by atoms with van der Waals surface area (Å²) < 4.78 is 5.63. The molecule has 0 spiro atoms. The molecule has 0 bridgehead atoms. The number of ether oxygens (including phenoxy) is 1. The van der Waals surface area contributed by atoms with Gasteiger partial charge in [0.25, 0.3) is 0 Å². The van der Waals surface area contributed by atoms with Crippen LogP contribution in [0.2, 0.25) is 0 Å². The smallest absolute Gasteiger partial charge is 0.227 e. The van der Waals surface area contributed by atoms with E-state index in [1.807, 2.05) is 24.3 Å². The molecule has 4 rings (SSSR count). The van der Waals surface area contributed by atoms with Crippen LogP contribution in [0.1, 0.15) is 12.0 Å². The van der Waals surface area contributed by atoms with Gasteiger partial charge in [-0.05, 0) is 29.3 Å². The summed E-state index contributed by atoms with van der Waals surface area (Å²) >= 11 is 0. The Morgan fingerprint density at radius 1 is 1.17 bits per heavy atom. The van der Waals surface area contributed by atoms with E-state index in [0.717, 1.165) is 30.0 Å². The maximum Gasteiger partial charge on any atom is 0.227 e. The molecule has 4 heteroatoms. The summed E-state index contributed by atoms with van der Waals surface area (Å²) in [6, 6.07) is 14.2. The summed E-state index contributed by atoms with van der Waals surface area (Å²) in [5, 5.41) is 9.24. The van der Waals surface area contributed by atoms with Crippen LogP contribution < -0.4 is 9.64 Å². The number of hydrogen-bond donors (Lipinski definition) is 1. The first-order chi connectivity index (χ1) is 11.3. The number of rotatable bonds is 3. The van der Waals surface area contributed by atoms with Crippen LogP contribution in [-0.2, 0) is 11.2 Å². The second-order valence-electron chi connectivity index (χ2n) is 6.18. The summed E-state index contributed by atoms with van der Waals surface area (Å²) in [6.07, 6.45) is 1.37. The van der Waals surface area contributed by atoms with Crippen molar-refractivity contribution in [2.24, 2.45) is 5.92 Å². The standard InChI is InChI=1S/C19H19NO3/c21-12-13-10-19(22)20(11-13)15-6-4-14(5-7-15)16-2-1-3-18-17(16)8-9-23-18/h1-7,13,21H,8-12H2. The first kappa shape index (κ1) is 14.3. The summed E-state index contributed by atoms with van der Waals surface area (Å²) in [5.41, 5.74) is 4.50. The molecule has 2 aliphatic heterocycles. The lowest BCUT2D eigenvalue weighted by molar-refractivity contribution is -0.117. The first-order valence-corrected chi connectivity index (χ1v) is 8.02. The summed E-state index contributed by atoms with van der Waals surface area (Å²) in [6.45, 7) is 1.41. The molecular weight excluding hydrogens is 290 g/mol. The van der Waals surface area contributed by atoms with Crippen LogP contribution in [0, 0.1) is 5.92 Å². The fourth-order valence-corrected chi connectivity index (χ4v) is 3.47. The van der Waals surface area contributed by atoms with Gasteiger partial charge in [-0.2, -0.15) is 0 Å². The molecule has 0 aromatic heterocycles. The van der Waals surface area contributed by atoms with Crippen LogP contribution in [0.25, 0.3) is 11.1 Å². The molecule has 1 N–H and O–H groups in total. The number of nitrogens with zero attached hydrogens (tertiary/aromatic N) is 1. The normalized spacial score (nSPS) is 19.8. The SMILES string of the molecule is O=C1CC(CO)CN1c1ccc(-c2cccc3c2CCO3)cc1. The quantitative estimate of drug-likeness (QED) is 0.948. The van der Waals surface area contributed by atoms with Crippen LogP contribution in [0.15, 0.2) is 42.5 Å². The molecule has 1 fully saturated rings. The summed E-state index contributed by atoms with van der Waals surface area (Å²) in [7, 11) is 0. The molecule has 1 atom stereocenters. The monoisotopic (exact) mass is 309 g/mol. The van der Waals surface area contributed by atoms with E-state index < -0.39 is 0 Å². The minimum atomic E-state index is 0.0525. The van der Waals surface area contributed by atoms with Gasteiger partial charge in [-0.3, -0.25) is 4.79 Å². The average Bonchev–Trinajstić information content (AvgIpc) is 3.21. The van der Waals surface area contributed by atoms with Crippen molar-refractivity contribution in [2.75, 3.05) is 24.7 Å². The highest BCUT2D eigenvalue weighted by Crippen LogP contribution is 2.35. The number of aliphatic hydroxyl groups excluding tert-OH is 1. The Morgan fingerprint density at radius 3 is 2.74 bits per heavy atom. The number of amides is 1. The Labute approximate surface area is 135 Å². The lowest BCUT2D eigenvalue weighted by atomic mass is 9.98. The van der Waals surface area contributed by atoms with Gasteiger partial charge < -0.3 is 14.7 Å². The van der Waals surface area contributed by atoms with Gasteiger partial charge in [-0.1, -0.05) is 24.3 Å². The van der Waals surface area contributed by atoms with E-state index in [4.69, 9.17) is 4.74 Å². The number of fused-ring (bicyclic) bond motifs is 1. The van der Waals surface area contributed by atoms with Crippen molar-refractivity contribution in [1.29, 1.82) is 0 Å². The molecule has 1 unspecified atom stereocenters. The lowest BCUT2D eigenvalue weighted by Gasteiger charge is -2.17. The van der Waals surface area contributed by atoms with Crippen LogP contribution in [0.3, 0.4) is 0 Å². The number of benzene rings is 2. The number of aliphatic hydroxyl groups is 1. The Bertz CT molecular complexity index is 739. The average molecular weight is 309 g/mol. The molecular formula is C19H19NO3. The van der Waals surface area contributed by atoms with Gasteiger partial charge in [-0.15, -0.1) is 0 Å². The highest BCUT2D eigenvalue weighted by molar-refractivity contribution is 5.96. The van der Waals surface area contributed by atoms with Crippen molar-refractivity contribution in [1.82, 2.24) is 0 Å². The molecule has 0 aliphatic carbocycles. The van der Waals surface area contributed by atoms with Gasteiger partial charge in [-0.25, -0.2) is 0 Å². The second kappa shape index (κ2) is 5.70. The zero-order valence-corrected chi connectivity index (χ0v) is 12.9. The van der Waals surface area contributed by atoms with Gasteiger partial charge in [0, 0.05) is 43.2 Å². The Hall–Kier alpha value is -2.33. The van der Waals surface area contributed by atoms with E-state index in [0.29, 0.717) is 13.0 Å². The van der Waals surface area contributed by atoms with E-state index in [-0.39, 0.29) is 18.4 Å². The highest BCUT2D eigenvalue weighted by Gasteiger charge is 2.30. The molecule has 2 aromatic carbocycles. The molecule has 2 heterocycles. The fraction of sp³-hybridized carbons (Fsp3) is 0.316. The number of carbonyl (C=O) groups is 1. The highest BCUT2D eigenvalue weighted by atomic mass is 16.5. The van der Waals surface area contributed by atoms with E-state index >= 15 is 0 Å². The second-order valence-corrected chi connectivity index (χ2v) is 6.18. The first-order valence-electron chi connectivity index (χ1n) is 8.02. The topological polar surface area (TPSA) is 49.8 Å². The summed E-state index contributed by atoms with van der Waals surface area (Å²) in [4.78, 5) is 13.8.